The van der Waals surface area contributed by atoms with Crippen LogP contribution in [0.3, 0.4) is 0 Å². The third-order valence-corrected chi connectivity index (χ3v) is 6.46. The molecule has 6 nitrogen and oxygen atoms in total. The van der Waals surface area contributed by atoms with Crippen LogP contribution in [-0.4, -0.2) is 37.4 Å². The highest BCUT2D eigenvalue weighted by Crippen LogP contribution is 2.32. The van der Waals surface area contributed by atoms with E-state index in [1.165, 1.54) is 0 Å². The van der Waals surface area contributed by atoms with Gasteiger partial charge in [-0.15, -0.1) is 0 Å². The Hall–Kier alpha value is -3.42. The van der Waals surface area contributed by atoms with Crippen LogP contribution in [0.5, 0.6) is 5.75 Å². The van der Waals surface area contributed by atoms with Crippen LogP contribution in [-0.2, 0) is 22.6 Å². The Balaban J connectivity index is 1.67. The number of anilines is 1. The summed E-state index contributed by atoms with van der Waals surface area (Å²) in [5, 5.41) is 9.23. The number of nitrogens with zero attached hydrogens (tertiary/aromatic N) is 1. The van der Waals surface area contributed by atoms with Crippen LogP contribution in [0.4, 0.5) is 10.1 Å². The molecule has 1 fully saturated rings. The molecule has 0 radical (unpaired) electrons. The van der Waals surface area contributed by atoms with Gasteiger partial charge >= 0.3 is 5.97 Å². The van der Waals surface area contributed by atoms with E-state index in [2.05, 4.69) is 4.90 Å². The zero-order chi connectivity index (χ0) is 25.7. The molecular weight excluding hydrogens is 459 g/mol. The Kier molecular flexibility index (Phi) is 8.23. The second-order valence-corrected chi connectivity index (χ2v) is 9.37. The molecule has 7 heteroatoms. The normalized spacial score (nSPS) is 16.1. The number of para-hydroxylation sites is 1. The lowest BCUT2D eigenvalue weighted by molar-refractivity contribution is -0.136. The SMILES string of the molecule is C[C@@H](N)c1cccc(-c2cc(COc3ccccc3CC(=O)O)cc(N(C)C[C@@H]3CCCO3)c2)c1F. The number of likely N-dealkylation sites (N-methyl/N-ethyl adjacent to an activating group) is 1. The lowest BCUT2D eigenvalue weighted by Gasteiger charge is -2.24. The van der Waals surface area contributed by atoms with E-state index >= 15 is 4.39 Å². The van der Waals surface area contributed by atoms with Gasteiger partial charge in [0.1, 0.15) is 18.2 Å². The van der Waals surface area contributed by atoms with Crippen LogP contribution >= 0.6 is 0 Å². The van der Waals surface area contributed by atoms with E-state index in [1.807, 2.05) is 37.4 Å². The van der Waals surface area contributed by atoms with E-state index in [9.17, 15) is 9.90 Å². The number of hydrogen-bond acceptors (Lipinski definition) is 5. The van der Waals surface area contributed by atoms with Crippen molar-refractivity contribution in [2.24, 2.45) is 5.73 Å². The van der Waals surface area contributed by atoms with Gasteiger partial charge in [-0.3, -0.25) is 4.79 Å². The Morgan fingerprint density at radius 1 is 1.22 bits per heavy atom. The molecule has 1 aliphatic rings. The number of carboxylic acid groups (broad SMARTS) is 1. The molecule has 0 aromatic heterocycles. The summed E-state index contributed by atoms with van der Waals surface area (Å²) in [5.41, 5.74) is 10.0. The summed E-state index contributed by atoms with van der Waals surface area (Å²) >= 11 is 0. The molecule has 3 N–H and O–H groups in total. The minimum Gasteiger partial charge on any atom is -0.489 e. The van der Waals surface area contributed by atoms with Crippen molar-refractivity contribution >= 4 is 11.7 Å². The van der Waals surface area contributed by atoms with Crippen molar-refractivity contribution in [3.05, 3.63) is 83.2 Å². The number of carbonyl (C=O) groups is 1. The predicted molar refractivity (Wildman–Crippen MR) is 139 cm³/mol. The number of nitrogens with two attached hydrogens (primary N) is 1. The van der Waals surface area contributed by atoms with Crippen LogP contribution in [0, 0.1) is 5.82 Å². The average molecular weight is 493 g/mol. The molecule has 36 heavy (non-hydrogen) atoms. The van der Waals surface area contributed by atoms with Gasteiger partial charge in [-0.25, -0.2) is 4.39 Å². The van der Waals surface area contributed by atoms with E-state index in [4.69, 9.17) is 15.2 Å². The Bertz CT molecular complexity index is 1210. The maximum Gasteiger partial charge on any atom is 0.307 e. The van der Waals surface area contributed by atoms with E-state index in [0.717, 1.165) is 42.8 Å². The summed E-state index contributed by atoms with van der Waals surface area (Å²) in [7, 11) is 2.00. The lowest BCUT2D eigenvalue weighted by atomic mass is 9.97. The van der Waals surface area contributed by atoms with Gasteiger partial charge in [0.2, 0.25) is 0 Å². The van der Waals surface area contributed by atoms with Gasteiger partial charge in [0.25, 0.3) is 0 Å². The van der Waals surface area contributed by atoms with E-state index < -0.39 is 12.0 Å². The number of halogens is 1. The monoisotopic (exact) mass is 492 g/mol. The van der Waals surface area contributed by atoms with Crippen LogP contribution in [0.1, 0.15) is 42.5 Å². The highest BCUT2D eigenvalue weighted by Gasteiger charge is 2.20. The number of carboxylic acids is 1. The first-order valence-electron chi connectivity index (χ1n) is 12.3. The number of rotatable bonds is 10. The zero-order valence-electron chi connectivity index (χ0n) is 20.7. The summed E-state index contributed by atoms with van der Waals surface area (Å²) in [5.74, 6) is -0.731. The molecular formula is C29H33FN2O4. The van der Waals surface area contributed by atoms with Gasteiger partial charge < -0.3 is 25.2 Å². The predicted octanol–water partition coefficient (Wildman–Crippen LogP) is 5.33. The number of benzene rings is 3. The number of ether oxygens (including phenoxy) is 2. The maximum absolute atomic E-state index is 15.4. The van der Waals surface area contributed by atoms with Gasteiger partial charge in [-0.2, -0.15) is 0 Å². The minimum absolute atomic E-state index is 0.124. The molecule has 0 saturated carbocycles. The van der Waals surface area contributed by atoms with Crippen LogP contribution in [0.15, 0.2) is 60.7 Å². The molecule has 1 saturated heterocycles. The second kappa shape index (κ2) is 11.5. The van der Waals surface area contributed by atoms with Crippen LogP contribution in [0.2, 0.25) is 0 Å². The fourth-order valence-corrected chi connectivity index (χ4v) is 4.57. The topological polar surface area (TPSA) is 85.0 Å². The molecule has 0 amide bonds. The molecule has 3 aromatic carbocycles. The van der Waals surface area contributed by atoms with Crippen LogP contribution < -0.4 is 15.4 Å². The third-order valence-electron chi connectivity index (χ3n) is 6.46. The molecule has 0 bridgehead atoms. The van der Waals surface area contributed by atoms with Crippen molar-refractivity contribution in [2.75, 3.05) is 25.1 Å². The standard InChI is InChI=1S/C29H33FN2O4/c1-19(31)25-9-5-10-26(29(25)30)22-13-20(14-23(15-22)32(2)17-24-8-6-12-35-24)18-36-27-11-4-3-7-21(27)16-28(33)34/h3-5,7,9-11,13-15,19,24H,6,8,12,16-18,31H2,1-2H3,(H,33,34)/t19-,24+/m1/s1. The fourth-order valence-electron chi connectivity index (χ4n) is 4.57. The van der Waals surface area contributed by atoms with Crippen molar-refractivity contribution in [3.63, 3.8) is 0 Å². The third kappa shape index (κ3) is 6.22. The molecule has 0 unspecified atom stereocenters. The molecule has 3 aromatic rings. The minimum atomic E-state index is -0.921. The molecule has 190 valence electrons. The lowest BCUT2D eigenvalue weighted by Crippen LogP contribution is -2.28. The second-order valence-electron chi connectivity index (χ2n) is 9.37. The summed E-state index contributed by atoms with van der Waals surface area (Å²) in [6, 6.07) is 17.9. The Morgan fingerprint density at radius 2 is 2.03 bits per heavy atom. The van der Waals surface area contributed by atoms with E-state index in [-0.39, 0.29) is 24.9 Å². The zero-order valence-corrected chi connectivity index (χ0v) is 20.7. The van der Waals surface area contributed by atoms with Gasteiger partial charge in [0, 0.05) is 48.6 Å². The van der Waals surface area contributed by atoms with Crippen molar-refractivity contribution in [1.82, 2.24) is 0 Å². The van der Waals surface area contributed by atoms with Gasteiger partial charge in [0.05, 0.1) is 12.5 Å². The largest absolute Gasteiger partial charge is 0.489 e. The first-order chi connectivity index (χ1) is 17.3. The summed E-state index contributed by atoms with van der Waals surface area (Å²) in [6.07, 6.45) is 2.12. The molecule has 4 rings (SSSR count). The molecule has 1 aliphatic heterocycles. The number of aliphatic carboxylic acids is 1. The van der Waals surface area contributed by atoms with Crippen molar-refractivity contribution in [2.45, 2.75) is 44.9 Å². The quantitative estimate of drug-likeness (QED) is 0.398. The molecule has 0 aliphatic carbocycles. The summed E-state index contributed by atoms with van der Waals surface area (Å²) in [6.45, 7) is 3.48. The molecule has 1 heterocycles. The maximum atomic E-state index is 15.4. The number of hydrogen-bond donors (Lipinski definition) is 2. The van der Waals surface area contributed by atoms with Crippen molar-refractivity contribution in [3.8, 4) is 16.9 Å². The van der Waals surface area contributed by atoms with E-state index in [1.54, 1.807) is 37.3 Å². The van der Waals surface area contributed by atoms with Crippen molar-refractivity contribution in [1.29, 1.82) is 0 Å². The van der Waals surface area contributed by atoms with Gasteiger partial charge in [-0.05, 0) is 55.2 Å². The average Bonchev–Trinajstić information content (AvgIpc) is 3.36. The fraction of sp³-hybridized carbons (Fsp3) is 0.345. The molecule has 2 atom stereocenters. The Morgan fingerprint density at radius 3 is 2.75 bits per heavy atom. The summed E-state index contributed by atoms with van der Waals surface area (Å²) in [4.78, 5) is 13.4. The van der Waals surface area contributed by atoms with E-state index in [0.29, 0.717) is 22.4 Å². The molecule has 0 spiro atoms. The van der Waals surface area contributed by atoms with Crippen molar-refractivity contribution < 1.29 is 23.8 Å². The van der Waals surface area contributed by atoms with Gasteiger partial charge in [0.15, 0.2) is 0 Å². The summed E-state index contributed by atoms with van der Waals surface area (Å²) < 4.78 is 27.3. The van der Waals surface area contributed by atoms with Gasteiger partial charge in [-0.1, -0.05) is 36.4 Å². The van der Waals surface area contributed by atoms with Crippen LogP contribution in [0.25, 0.3) is 11.1 Å². The highest BCUT2D eigenvalue weighted by atomic mass is 19.1. The first-order valence-corrected chi connectivity index (χ1v) is 12.3. The smallest absolute Gasteiger partial charge is 0.307 e. The first kappa shape index (κ1) is 25.7. The highest BCUT2D eigenvalue weighted by molar-refractivity contribution is 5.72. The Labute approximate surface area is 211 Å².